The molecular weight excluding hydrogens is 222 g/mol. The van der Waals surface area contributed by atoms with Gasteiger partial charge in [-0.3, -0.25) is 9.89 Å². The molecule has 0 spiro atoms. The molecule has 0 amide bonds. The number of nitrogens with zero attached hydrogens (tertiary/aromatic N) is 2. The lowest BCUT2D eigenvalue weighted by molar-refractivity contribution is -0.507. The summed E-state index contributed by atoms with van der Waals surface area (Å²) in [5.74, 6) is 1.37. The molecule has 0 aliphatic carbocycles. The molecule has 0 atom stereocenters. The number of rotatable bonds is 1. The van der Waals surface area contributed by atoms with E-state index in [1.165, 1.54) is 57.7 Å². The van der Waals surface area contributed by atoms with Crippen LogP contribution in [0.15, 0.2) is 11.8 Å². The van der Waals surface area contributed by atoms with Crippen molar-refractivity contribution in [3.8, 4) is 0 Å². The molecule has 0 aromatic carbocycles. The molecular formula is C15H26N3+. The van der Waals surface area contributed by atoms with Crippen LogP contribution in [0.3, 0.4) is 0 Å². The minimum atomic E-state index is 0.199. The first-order valence-electron chi connectivity index (χ1n) is 7.50. The summed E-state index contributed by atoms with van der Waals surface area (Å²) in [6.07, 6.45) is 9.00. The first kappa shape index (κ1) is 12.1. The third-order valence-electron chi connectivity index (χ3n) is 4.35. The van der Waals surface area contributed by atoms with Gasteiger partial charge in [-0.15, -0.1) is 0 Å². The molecule has 3 heteroatoms. The average Bonchev–Trinajstić information content (AvgIpc) is 3.01. The van der Waals surface area contributed by atoms with Crippen molar-refractivity contribution in [1.82, 2.24) is 10.2 Å². The van der Waals surface area contributed by atoms with Crippen LogP contribution >= 0.6 is 0 Å². The molecule has 2 saturated heterocycles. The third kappa shape index (κ3) is 2.40. The normalized spacial score (nSPS) is 27.4. The highest BCUT2D eigenvalue weighted by molar-refractivity contribution is 5.91. The van der Waals surface area contributed by atoms with E-state index in [0.29, 0.717) is 0 Å². The van der Waals surface area contributed by atoms with Gasteiger partial charge >= 0.3 is 0 Å². The Kier molecular flexibility index (Phi) is 3.08. The molecule has 0 aromatic rings. The molecule has 0 bridgehead atoms. The van der Waals surface area contributed by atoms with E-state index in [4.69, 9.17) is 0 Å². The van der Waals surface area contributed by atoms with Gasteiger partial charge in [-0.05, 0) is 39.5 Å². The van der Waals surface area contributed by atoms with Crippen molar-refractivity contribution in [2.24, 2.45) is 0 Å². The Hall–Kier alpha value is -0.990. The molecule has 3 rings (SSSR count). The van der Waals surface area contributed by atoms with E-state index >= 15 is 0 Å². The molecule has 0 saturated carbocycles. The number of hydrogen-bond donors (Lipinski definition) is 1. The zero-order valence-electron chi connectivity index (χ0n) is 11.8. The van der Waals surface area contributed by atoms with Gasteiger partial charge in [-0.2, -0.15) is 0 Å². The molecule has 1 N–H and O–H groups in total. The molecule has 0 aromatic heterocycles. The van der Waals surface area contributed by atoms with Gasteiger partial charge in [0.15, 0.2) is 0 Å². The highest BCUT2D eigenvalue weighted by Crippen LogP contribution is 2.26. The van der Waals surface area contributed by atoms with Gasteiger partial charge in [0.05, 0.1) is 13.1 Å². The van der Waals surface area contributed by atoms with Gasteiger partial charge in [0.25, 0.3) is 5.84 Å². The van der Waals surface area contributed by atoms with Crippen LogP contribution in [0.2, 0.25) is 0 Å². The predicted molar refractivity (Wildman–Crippen MR) is 75.0 cm³/mol. The van der Waals surface area contributed by atoms with E-state index in [-0.39, 0.29) is 5.54 Å². The van der Waals surface area contributed by atoms with Crippen molar-refractivity contribution in [3.05, 3.63) is 11.8 Å². The number of hydrogen-bond acceptors (Lipinski definition) is 1. The zero-order valence-corrected chi connectivity index (χ0v) is 11.8. The third-order valence-corrected chi connectivity index (χ3v) is 4.35. The fourth-order valence-electron chi connectivity index (χ4n) is 3.42. The van der Waals surface area contributed by atoms with Crippen LogP contribution in [0.1, 0.15) is 46.0 Å². The number of nitrogens with one attached hydrogen (secondary N) is 1. The van der Waals surface area contributed by atoms with E-state index < -0.39 is 0 Å². The van der Waals surface area contributed by atoms with Crippen LogP contribution < -0.4 is 5.32 Å². The highest BCUT2D eigenvalue weighted by Gasteiger charge is 2.34. The SMILES string of the molecule is CC1(C)CC(N2CCCC2)=CC(=[N+]2CCCC2)N1. The lowest BCUT2D eigenvalue weighted by Gasteiger charge is -2.33. The summed E-state index contributed by atoms with van der Waals surface area (Å²) in [4.78, 5) is 2.60. The van der Waals surface area contributed by atoms with E-state index in [0.717, 1.165) is 6.42 Å². The molecule has 2 fully saturated rings. The Morgan fingerprint density at radius 3 is 2.44 bits per heavy atom. The van der Waals surface area contributed by atoms with E-state index in [1.807, 2.05) is 0 Å². The zero-order chi connectivity index (χ0) is 12.6. The van der Waals surface area contributed by atoms with Crippen molar-refractivity contribution in [2.45, 2.75) is 51.5 Å². The maximum atomic E-state index is 3.73. The first-order chi connectivity index (χ1) is 8.64. The number of amidine groups is 1. The Labute approximate surface area is 111 Å². The van der Waals surface area contributed by atoms with E-state index in [2.05, 4.69) is 34.7 Å². The molecule has 100 valence electrons. The summed E-state index contributed by atoms with van der Waals surface area (Å²) < 4.78 is 2.52. The summed E-state index contributed by atoms with van der Waals surface area (Å²) >= 11 is 0. The summed E-state index contributed by atoms with van der Waals surface area (Å²) in [5.41, 5.74) is 1.75. The lowest BCUT2D eigenvalue weighted by Crippen LogP contribution is -2.50. The van der Waals surface area contributed by atoms with Crippen LogP contribution in [0, 0.1) is 0 Å². The standard InChI is InChI=1S/C15H25N3/c1-15(2)12-13(17-7-3-4-8-17)11-14(16-15)18-9-5-6-10-18/h11H,3-10,12H2,1-2H3/p+1. The van der Waals surface area contributed by atoms with E-state index in [1.54, 1.807) is 5.70 Å². The molecule has 18 heavy (non-hydrogen) atoms. The van der Waals surface area contributed by atoms with Gasteiger partial charge < -0.3 is 4.90 Å². The highest BCUT2D eigenvalue weighted by atomic mass is 15.2. The van der Waals surface area contributed by atoms with Gasteiger partial charge in [0.2, 0.25) is 0 Å². The van der Waals surface area contributed by atoms with Gasteiger partial charge in [0, 0.05) is 31.3 Å². The van der Waals surface area contributed by atoms with Crippen LogP contribution in [0.4, 0.5) is 0 Å². The van der Waals surface area contributed by atoms with Gasteiger partial charge in [0.1, 0.15) is 5.54 Å². The van der Waals surface area contributed by atoms with Crippen LogP contribution in [-0.2, 0) is 0 Å². The van der Waals surface area contributed by atoms with Crippen molar-refractivity contribution in [1.29, 1.82) is 0 Å². The van der Waals surface area contributed by atoms with Crippen molar-refractivity contribution in [3.63, 3.8) is 0 Å². The van der Waals surface area contributed by atoms with Gasteiger partial charge in [-0.1, -0.05) is 0 Å². The maximum Gasteiger partial charge on any atom is 0.271 e. The quantitative estimate of drug-likeness (QED) is 0.715. The van der Waals surface area contributed by atoms with Crippen LogP contribution in [0.25, 0.3) is 0 Å². The summed E-state index contributed by atoms with van der Waals surface area (Å²) in [6, 6.07) is 0. The predicted octanol–water partition coefficient (Wildman–Crippen LogP) is 1.94. The Morgan fingerprint density at radius 2 is 1.78 bits per heavy atom. The van der Waals surface area contributed by atoms with Crippen molar-refractivity contribution < 1.29 is 4.58 Å². The fourth-order valence-corrected chi connectivity index (χ4v) is 3.42. The molecule has 3 aliphatic heterocycles. The minimum Gasteiger partial charge on any atom is -0.374 e. The van der Waals surface area contributed by atoms with Crippen LogP contribution in [-0.4, -0.2) is 47.0 Å². The second kappa shape index (κ2) is 4.60. The Bertz CT molecular complexity index is 379. The summed E-state index contributed by atoms with van der Waals surface area (Å²) in [6.45, 7) is 9.62. The van der Waals surface area contributed by atoms with Gasteiger partial charge in [-0.25, -0.2) is 0 Å². The van der Waals surface area contributed by atoms with Crippen LogP contribution in [0.5, 0.6) is 0 Å². The summed E-state index contributed by atoms with van der Waals surface area (Å²) in [7, 11) is 0. The maximum absolute atomic E-state index is 3.73. The summed E-state index contributed by atoms with van der Waals surface area (Å²) in [5, 5.41) is 3.73. The Balaban J connectivity index is 1.89. The molecule has 0 unspecified atom stereocenters. The fraction of sp³-hybridized carbons (Fsp3) is 0.800. The second-order valence-electron chi connectivity index (χ2n) is 6.59. The molecule has 0 radical (unpaired) electrons. The first-order valence-corrected chi connectivity index (χ1v) is 7.50. The lowest BCUT2D eigenvalue weighted by atomic mass is 9.94. The van der Waals surface area contributed by atoms with Crippen molar-refractivity contribution >= 4 is 5.84 Å². The molecule has 3 heterocycles. The largest absolute Gasteiger partial charge is 0.374 e. The Morgan fingerprint density at radius 1 is 1.11 bits per heavy atom. The monoisotopic (exact) mass is 248 g/mol. The smallest absolute Gasteiger partial charge is 0.271 e. The average molecular weight is 248 g/mol. The molecule has 3 aliphatic rings. The van der Waals surface area contributed by atoms with Crippen molar-refractivity contribution in [2.75, 3.05) is 26.2 Å². The minimum absolute atomic E-state index is 0.199. The van der Waals surface area contributed by atoms with E-state index in [9.17, 15) is 0 Å². The topological polar surface area (TPSA) is 18.3 Å². The molecule has 3 nitrogen and oxygen atoms in total. The number of likely N-dealkylation sites (tertiary alicyclic amines) is 1. The second-order valence-corrected chi connectivity index (χ2v) is 6.59.